The second-order valence-electron chi connectivity index (χ2n) is 7.89. The molecule has 0 bridgehead atoms. The first-order valence-electron chi connectivity index (χ1n) is 9.51. The number of ether oxygens (including phenoxy) is 1. The molecule has 1 aromatic carbocycles. The SMILES string of the molecule is Cc1ccccc1C(O)CNC(=O)NC1C2CCOC2C12CCCC2. The summed E-state index contributed by atoms with van der Waals surface area (Å²) in [4.78, 5) is 12.4. The van der Waals surface area contributed by atoms with Gasteiger partial charge in [0.15, 0.2) is 0 Å². The van der Waals surface area contributed by atoms with Crippen LogP contribution >= 0.6 is 0 Å². The summed E-state index contributed by atoms with van der Waals surface area (Å²) in [6.07, 6.45) is 5.49. The lowest BCUT2D eigenvalue weighted by molar-refractivity contribution is -0.126. The number of fused-ring (bicyclic) bond motifs is 2. The average molecular weight is 344 g/mol. The molecule has 3 N–H and O–H groups in total. The first-order chi connectivity index (χ1) is 12.1. The minimum absolute atomic E-state index is 0.160. The number of hydrogen-bond donors (Lipinski definition) is 3. The van der Waals surface area contributed by atoms with Gasteiger partial charge in [0.25, 0.3) is 0 Å². The van der Waals surface area contributed by atoms with Crippen LogP contribution in [-0.2, 0) is 4.74 Å². The minimum atomic E-state index is -0.684. The van der Waals surface area contributed by atoms with Crippen molar-refractivity contribution in [2.24, 2.45) is 11.3 Å². The summed E-state index contributed by atoms with van der Waals surface area (Å²) >= 11 is 0. The number of hydrogen-bond acceptors (Lipinski definition) is 3. The smallest absolute Gasteiger partial charge is 0.315 e. The Labute approximate surface area is 149 Å². The van der Waals surface area contributed by atoms with E-state index >= 15 is 0 Å². The fourth-order valence-corrected chi connectivity index (χ4v) is 5.36. The molecule has 2 amide bonds. The van der Waals surface area contributed by atoms with E-state index in [1.807, 2.05) is 31.2 Å². The highest BCUT2D eigenvalue weighted by Gasteiger charge is 2.65. The molecule has 5 heteroatoms. The first kappa shape index (κ1) is 16.9. The number of nitrogens with one attached hydrogen (secondary N) is 2. The molecule has 1 aromatic rings. The van der Waals surface area contributed by atoms with Gasteiger partial charge in [-0.2, -0.15) is 0 Å². The minimum Gasteiger partial charge on any atom is -0.387 e. The van der Waals surface area contributed by atoms with E-state index in [-0.39, 0.29) is 24.0 Å². The van der Waals surface area contributed by atoms with Crippen molar-refractivity contribution in [1.29, 1.82) is 0 Å². The Bertz CT molecular complexity index is 642. The molecule has 2 saturated carbocycles. The molecule has 2 aliphatic carbocycles. The highest BCUT2D eigenvalue weighted by atomic mass is 16.5. The number of carbonyl (C=O) groups excluding carboxylic acids is 1. The highest BCUT2D eigenvalue weighted by molar-refractivity contribution is 5.74. The van der Waals surface area contributed by atoms with E-state index < -0.39 is 6.10 Å². The molecule has 1 aliphatic heterocycles. The summed E-state index contributed by atoms with van der Waals surface area (Å²) in [5.41, 5.74) is 2.06. The second-order valence-corrected chi connectivity index (χ2v) is 7.89. The van der Waals surface area contributed by atoms with Crippen molar-refractivity contribution in [2.75, 3.05) is 13.2 Å². The Morgan fingerprint density at radius 1 is 1.36 bits per heavy atom. The van der Waals surface area contributed by atoms with Crippen molar-refractivity contribution in [3.63, 3.8) is 0 Å². The largest absolute Gasteiger partial charge is 0.387 e. The Morgan fingerprint density at radius 2 is 2.12 bits per heavy atom. The summed E-state index contributed by atoms with van der Waals surface area (Å²) < 4.78 is 5.96. The average Bonchev–Trinajstić information content (AvgIpc) is 3.26. The van der Waals surface area contributed by atoms with Gasteiger partial charge in [0.2, 0.25) is 0 Å². The van der Waals surface area contributed by atoms with Crippen molar-refractivity contribution in [2.45, 2.75) is 57.3 Å². The Balaban J connectivity index is 1.34. The number of rotatable bonds is 4. The van der Waals surface area contributed by atoms with Gasteiger partial charge in [-0.15, -0.1) is 0 Å². The second kappa shape index (κ2) is 6.61. The molecule has 4 rings (SSSR count). The molecule has 3 aliphatic rings. The molecular formula is C20H28N2O3. The van der Waals surface area contributed by atoms with Crippen molar-refractivity contribution >= 4 is 6.03 Å². The van der Waals surface area contributed by atoms with Gasteiger partial charge in [0, 0.05) is 30.5 Å². The summed E-state index contributed by atoms with van der Waals surface area (Å²) in [6.45, 7) is 3.01. The number of aliphatic hydroxyl groups is 1. The van der Waals surface area contributed by atoms with Crippen molar-refractivity contribution in [3.8, 4) is 0 Å². The van der Waals surface area contributed by atoms with E-state index in [2.05, 4.69) is 10.6 Å². The third kappa shape index (κ3) is 2.83. The molecule has 0 radical (unpaired) electrons. The van der Waals surface area contributed by atoms with E-state index in [0.717, 1.165) is 37.0 Å². The van der Waals surface area contributed by atoms with E-state index in [4.69, 9.17) is 4.74 Å². The number of carbonyl (C=O) groups is 1. The van der Waals surface area contributed by atoms with Gasteiger partial charge in [-0.25, -0.2) is 4.79 Å². The van der Waals surface area contributed by atoms with Crippen molar-refractivity contribution in [3.05, 3.63) is 35.4 Å². The Kier molecular flexibility index (Phi) is 4.46. The molecule has 1 spiro atoms. The van der Waals surface area contributed by atoms with Crippen LogP contribution in [0.15, 0.2) is 24.3 Å². The Hall–Kier alpha value is -1.59. The van der Waals surface area contributed by atoms with Gasteiger partial charge in [0.05, 0.1) is 12.2 Å². The zero-order chi connectivity index (χ0) is 17.4. The van der Waals surface area contributed by atoms with Crippen LogP contribution < -0.4 is 10.6 Å². The third-order valence-electron chi connectivity index (χ3n) is 6.58. The number of urea groups is 1. The van der Waals surface area contributed by atoms with Crippen LogP contribution in [0.5, 0.6) is 0 Å². The highest BCUT2D eigenvalue weighted by Crippen LogP contribution is 2.60. The quantitative estimate of drug-likeness (QED) is 0.786. The van der Waals surface area contributed by atoms with Crippen molar-refractivity contribution < 1.29 is 14.6 Å². The van der Waals surface area contributed by atoms with Crippen LogP contribution in [0, 0.1) is 18.3 Å². The lowest BCUT2D eigenvalue weighted by Gasteiger charge is -2.56. The summed E-state index contributed by atoms with van der Waals surface area (Å²) in [6, 6.07) is 7.77. The van der Waals surface area contributed by atoms with Crippen LogP contribution in [0.3, 0.4) is 0 Å². The normalized spacial score (nSPS) is 30.6. The molecule has 1 saturated heterocycles. The molecular weight excluding hydrogens is 316 g/mol. The molecule has 3 fully saturated rings. The number of benzene rings is 1. The fourth-order valence-electron chi connectivity index (χ4n) is 5.36. The monoisotopic (exact) mass is 344 g/mol. The van der Waals surface area contributed by atoms with Gasteiger partial charge in [-0.05, 0) is 37.3 Å². The number of aryl methyl sites for hydroxylation is 1. The standard InChI is InChI=1S/C20H28N2O3/c1-13-6-2-3-7-14(13)16(23)12-21-19(24)22-17-15-8-11-25-18(15)20(17)9-4-5-10-20/h2-3,6-7,15-18,23H,4-5,8-12H2,1H3,(H2,21,22,24). The van der Waals surface area contributed by atoms with Gasteiger partial charge >= 0.3 is 6.03 Å². The van der Waals surface area contributed by atoms with Gasteiger partial charge in [-0.1, -0.05) is 37.1 Å². The van der Waals surface area contributed by atoms with Crippen molar-refractivity contribution in [1.82, 2.24) is 10.6 Å². The maximum Gasteiger partial charge on any atom is 0.315 e. The van der Waals surface area contributed by atoms with Gasteiger partial charge in [0.1, 0.15) is 0 Å². The van der Waals surface area contributed by atoms with E-state index in [1.54, 1.807) is 0 Å². The maximum absolute atomic E-state index is 12.4. The number of aliphatic hydroxyl groups excluding tert-OH is 1. The molecule has 4 atom stereocenters. The third-order valence-corrected chi connectivity index (χ3v) is 6.58. The lowest BCUT2D eigenvalue weighted by atomic mass is 9.54. The van der Waals surface area contributed by atoms with Crippen LogP contribution in [-0.4, -0.2) is 36.4 Å². The predicted molar refractivity (Wildman–Crippen MR) is 95.2 cm³/mol. The summed E-state index contributed by atoms with van der Waals surface area (Å²) in [5, 5.41) is 16.4. The van der Waals surface area contributed by atoms with Gasteiger partial charge in [-0.3, -0.25) is 0 Å². The zero-order valence-corrected chi connectivity index (χ0v) is 14.8. The fraction of sp³-hybridized carbons (Fsp3) is 0.650. The molecule has 25 heavy (non-hydrogen) atoms. The van der Waals surface area contributed by atoms with Gasteiger partial charge < -0.3 is 20.5 Å². The zero-order valence-electron chi connectivity index (χ0n) is 14.8. The van der Waals surface area contributed by atoms with Crippen LogP contribution in [0.2, 0.25) is 0 Å². The molecule has 0 aromatic heterocycles. The first-order valence-corrected chi connectivity index (χ1v) is 9.51. The lowest BCUT2D eigenvalue weighted by Crippen LogP contribution is -2.69. The van der Waals surface area contributed by atoms with Crippen LogP contribution in [0.25, 0.3) is 0 Å². The number of amides is 2. The topological polar surface area (TPSA) is 70.6 Å². The molecule has 1 heterocycles. The summed E-state index contributed by atoms with van der Waals surface area (Å²) in [5.74, 6) is 0.463. The molecule has 136 valence electrons. The van der Waals surface area contributed by atoms with Crippen LogP contribution in [0.1, 0.15) is 49.3 Å². The molecule has 5 nitrogen and oxygen atoms in total. The van der Waals surface area contributed by atoms with E-state index in [1.165, 1.54) is 12.8 Å². The van der Waals surface area contributed by atoms with E-state index in [9.17, 15) is 9.90 Å². The van der Waals surface area contributed by atoms with E-state index in [0.29, 0.717) is 12.0 Å². The van der Waals surface area contributed by atoms with Crippen LogP contribution in [0.4, 0.5) is 4.79 Å². The maximum atomic E-state index is 12.4. The summed E-state index contributed by atoms with van der Waals surface area (Å²) in [7, 11) is 0. The predicted octanol–water partition coefficient (Wildman–Crippen LogP) is 2.68. The molecule has 4 unspecified atom stereocenters. The Morgan fingerprint density at radius 3 is 2.88 bits per heavy atom.